The monoisotopic (exact) mass is 356 g/mol. The van der Waals surface area contributed by atoms with E-state index in [0.717, 1.165) is 21.3 Å². The van der Waals surface area contributed by atoms with Crippen molar-refractivity contribution in [1.82, 2.24) is 9.78 Å². The van der Waals surface area contributed by atoms with Crippen LogP contribution in [0.3, 0.4) is 0 Å². The van der Waals surface area contributed by atoms with Crippen molar-refractivity contribution in [3.63, 3.8) is 0 Å². The van der Waals surface area contributed by atoms with Crippen LogP contribution in [0.15, 0.2) is 59.2 Å². The van der Waals surface area contributed by atoms with Crippen molar-refractivity contribution in [2.45, 2.75) is 6.92 Å². The summed E-state index contributed by atoms with van der Waals surface area (Å²) in [7, 11) is 0. The van der Waals surface area contributed by atoms with Gasteiger partial charge in [0, 0.05) is 16.2 Å². The van der Waals surface area contributed by atoms with Gasteiger partial charge in [0.25, 0.3) is 0 Å². The summed E-state index contributed by atoms with van der Waals surface area (Å²) in [4.78, 5) is 11.5. The average Bonchev–Trinajstić information content (AvgIpc) is 2.94. The lowest BCUT2D eigenvalue weighted by Crippen LogP contribution is -1.96. The Morgan fingerprint density at radius 1 is 1.09 bits per heavy atom. The number of aryl methyl sites for hydroxylation is 1. The average molecular weight is 357 g/mol. The van der Waals surface area contributed by atoms with Crippen LogP contribution >= 0.6 is 15.9 Å². The summed E-state index contributed by atoms with van der Waals surface area (Å²) in [5.74, 6) is -0.990. The Labute approximate surface area is 136 Å². The Morgan fingerprint density at radius 2 is 1.73 bits per heavy atom. The minimum atomic E-state index is -0.990. The van der Waals surface area contributed by atoms with E-state index in [1.54, 1.807) is 10.9 Å². The minimum Gasteiger partial charge on any atom is -0.478 e. The first-order chi connectivity index (χ1) is 10.5. The van der Waals surface area contributed by atoms with Crippen LogP contribution in [0, 0.1) is 6.92 Å². The molecule has 0 atom stereocenters. The lowest BCUT2D eigenvalue weighted by molar-refractivity contribution is 0.0697. The molecule has 4 nitrogen and oxygen atoms in total. The van der Waals surface area contributed by atoms with Crippen molar-refractivity contribution in [3.05, 3.63) is 70.3 Å². The third-order valence-corrected chi connectivity index (χ3v) is 3.89. The number of hydrogen-bond donors (Lipinski definition) is 1. The molecule has 0 saturated carbocycles. The number of aromatic nitrogens is 2. The molecule has 0 unspecified atom stereocenters. The van der Waals surface area contributed by atoms with Crippen molar-refractivity contribution in [2.75, 3.05) is 0 Å². The summed E-state index contributed by atoms with van der Waals surface area (Å²) < 4.78 is 2.53. The lowest BCUT2D eigenvalue weighted by atomic mass is 10.1. The van der Waals surface area contributed by atoms with Crippen LogP contribution in [0.1, 0.15) is 15.9 Å². The standard InChI is InChI=1S/C17H13BrN2O2/c1-11-2-8-14(9-3-11)20-10-15(17(21)22)16(19-20)12-4-6-13(18)7-5-12/h2-10H,1H3,(H,21,22). The molecule has 0 radical (unpaired) electrons. The molecule has 0 amide bonds. The van der Waals surface area contributed by atoms with Gasteiger partial charge in [-0.2, -0.15) is 5.10 Å². The summed E-state index contributed by atoms with van der Waals surface area (Å²) in [5.41, 5.74) is 3.38. The highest BCUT2D eigenvalue weighted by molar-refractivity contribution is 9.10. The van der Waals surface area contributed by atoms with Crippen molar-refractivity contribution in [1.29, 1.82) is 0 Å². The summed E-state index contributed by atoms with van der Waals surface area (Å²) in [5, 5.41) is 13.9. The number of carbonyl (C=O) groups is 1. The smallest absolute Gasteiger partial charge is 0.339 e. The van der Waals surface area contributed by atoms with Gasteiger partial charge in [-0.05, 0) is 31.2 Å². The number of hydrogen-bond acceptors (Lipinski definition) is 2. The summed E-state index contributed by atoms with van der Waals surface area (Å²) in [6.45, 7) is 2.00. The third-order valence-electron chi connectivity index (χ3n) is 3.36. The molecule has 0 spiro atoms. The van der Waals surface area contributed by atoms with Crippen LogP contribution in [0.2, 0.25) is 0 Å². The van der Waals surface area contributed by atoms with E-state index in [-0.39, 0.29) is 5.56 Å². The molecule has 1 N–H and O–H groups in total. The Morgan fingerprint density at radius 3 is 2.32 bits per heavy atom. The number of halogens is 1. The van der Waals surface area contributed by atoms with Crippen molar-refractivity contribution in [2.24, 2.45) is 0 Å². The van der Waals surface area contributed by atoms with Crippen LogP contribution in [-0.4, -0.2) is 20.9 Å². The minimum absolute atomic E-state index is 0.183. The highest BCUT2D eigenvalue weighted by Crippen LogP contribution is 2.25. The van der Waals surface area contributed by atoms with Gasteiger partial charge in [-0.3, -0.25) is 0 Å². The van der Waals surface area contributed by atoms with Crippen molar-refractivity contribution in [3.8, 4) is 16.9 Å². The number of carboxylic acids is 1. The first-order valence-corrected chi connectivity index (χ1v) is 7.50. The van der Waals surface area contributed by atoms with Crippen LogP contribution in [0.25, 0.3) is 16.9 Å². The van der Waals surface area contributed by atoms with Gasteiger partial charge in [0.2, 0.25) is 0 Å². The first kappa shape index (κ1) is 14.5. The molecule has 0 saturated heterocycles. The molecule has 1 heterocycles. The summed E-state index contributed by atoms with van der Waals surface area (Å²) in [6, 6.07) is 15.2. The van der Waals surface area contributed by atoms with E-state index in [1.165, 1.54) is 0 Å². The Balaban J connectivity index is 2.11. The fraction of sp³-hybridized carbons (Fsp3) is 0.0588. The second-order valence-electron chi connectivity index (χ2n) is 4.98. The largest absolute Gasteiger partial charge is 0.478 e. The fourth-order valence-corrected chi connectivity index (χ4v) is 2.45. The second kappa shape index (κ2) is 5.77. The normalized spacial score (nSPS) is 10.6. The number of nitrogens with zero attached hydrogens (tertiary/aromatic N) is 2. The van der Waals surface area contributed by atoms with Gasteiger partial charge in [-0.15, -0.1) is 0 Å². The SMILES string of the molecule is Cc1ccc(-n2cc(C(=O)O)c(-c3ccc(Br)cc3)n2)cc1. The van der Waals surface area contributed by atoms with Gasteiger partial charge in [0.1, 0.15) is 11.3 Å². The van der Waals surface area contributed by atoms with E-state index in [4.69, 9.17) is 0 Å². The molecular formula is C17H13BrN2O2. The molecule has 0 aliphatic carbocycles. The van der Waals surface area contributed by atoms with Crippen molar-refractivity contribution >= 4 is 21.9 Å². The van der Waals surface area contributed by atoms with Crippen LogP contribution < -0.4 is 0 Å². The molecule has 2 aromatic carbocycles. The van der Waals surface area contributed by atoms with E-state index in [9.17, 15) is 9.90 Å². The second-order valence-corrected chi connectivity index (χ2v) is 5.90. The number of rotatable bonds is 3. The molecule has 5 heteroatoms. The highest BCUT2D eigenvalue weighted by Gasteiger charge is 2.17. The Bertz CT molecular complexity index is 821. The van der Waals surface area contributed by atoms with Crippen LogP contribution in [-0.2, 0) is 0 Å². The zero-order chi connectivity index (χ0) is 15.7. The molecule has 0 aliphatic rings. The van der Waals surface area contributed by atoms with Gasteiger partial charge in [0.15, 0.2) is 0 Å². The third kappa shape index (κ3) is 2.80. The zero-order valence-corrected chi connectivity index (χ0v) is 13.4. The van der Waals surface area contributed by atoms with Crippen LogP contribution in [0.4, 0.5) is 0 Å². The van der Waals surface area contributed by atoms with Crippen LogP contribution in [0.5, 0.6) is 0 Å². The molecule has 22 heavy (non-hydrogen) atoms. The highest BCUT2D eigenvalue weighted by atomic mass is 79.9. The maximum atomic E-state index is 11.5. The molecular weight excluding hydrogens is 344 g/mol. The van der Waals surface area contributed by atoms with Gasteiger partial charge in [-0.1, -0.05) is 45.8 Å². The van der Waals surface area contributed by atoms with Gasteiger partial charge < -0.3 is 5.11 Å². The van der Waals surface area contributed by atoms with Gasteiger partial charge in [-0.25, -0.2) is 9.48 Å². The van der Waals surface area contributed by atoms with E-state index in [0.29, 0.717) is 5.69 Å². The summed E-state index contributed by atoms with van der Waals surface area (Å²) in [6.07, 6.45) is 1.55. The quantitative estimate of drug-likeness (QED) is 0.760. The van der Waals surface area contributed by atoms with E-state index in [1.807, 2.05) is 55.5 Å². The number of carboxylic acid groups (broad SMARTS) is 1. The Kier molecular flexibility index (Phi) is 3.81. The molecule has 1 aromatic heterocycles. The van der Waals surface area contributed by atoms with Gasteiger partial charge in [0.05, 0.1) is 5.69 Å². The van der Waals surface area contributed by atoms with E-state index < -0.39 is 5.97 Å². The maximum Gasteiger partial charge on any atom is 0.339 e. The zero-order valence-electron chi connectivity index (χ0n) is 11.8. The molecule has 0 aliphatic heterocycles. The fourth-order valence-electron chi connectivity index (χ4n) is 2.18. The van der Waals surface area contributed by atoms with E-state index >= 15 is 0 Å². The lowest BCUT2D eigenvalue weighted by Gasteiger charge is -2.01. The number of benzene rings is 2. The van der Waals surface area contributed by atoms with Gasteiger partial charge >= 0.3 is 5.97 Å². The maximum absolute atomic E-state index is 11.5. The Hall–Kier alpha value is -2.40. The predicted molar refractivity (Wildman–Crippen MR) is 88.4 cm³/mol. The molecule has 0 fully saturated rings. The molecule has 3 rings (SSSR count). The van der Waals surface area contributed by atoms with Crippen molar-refractivity contribution < 1.29 is 9.90 Å². The molecule has 0 bridgehead atoms. The molecule has 3 aromatic rings. The number of aromatic carboxylic acids is 1. The topological polar surface area (TPSA) is 55.1 Å². The predicted octanol–water partition coefficient (Wildman–Crippen LogP) is 4.31. The molecule has 110 valence electrons. The van der Waals surface area contributed by atoms with E-state index in [2.05, 4.69) is 21.0 Å². The first-order valence-electron chi connectivity index (χ1n) is 6.70. The summed E-state index contributed by atoms with van der Waals surface area (Å²) >= 11 is 3.37.